The number of nitrogens with one attached hydrogen (secondary N) is 2. The quantitative estimate of drug-likeness (QED) is 0.837. The van der Waals surface area contributed by atoms with Crippen LogP contribution in [0.3, 0.4) is 0 Å². The summed E-state index contributed by atoms with van der Waals surface area (Å²) in [7, 11) is -0.434. The molecule has 0 saturated heterocycles. The Morgan fingerprint density at radius 3 is 2.83 bits per heavy atom. The minimum Gasteiger partial charge on any atom is -0.345 e. The van der Waals surface area contributed by atoms with Gasteiger partial charge in [0.1, 0.15) is 0 Å². The SMILES string of the molecule is CNS(=O)(=O)c1ccc(C(=O)NC2CCCc3nn(C)cc32)cn1. The van der Waals surface area contributed by atoms with Crippen LogP contribution in [0.5, 0.6) is 0 Å². The Balaban J connectivity index is 1.76. The van der Waals surface area contributed by atoms with Crippen molar-refractivity contribution >= 4 is 15.9 Å². The molecule has 0 aromatic carbocycles. The second-order valence-electron chi connectivity index (χ2n) is 5.72. The summed E-state index contributed by atoms with van der Waals surface area (Å²) in [5.41, 5.74) is 2.38. The summed E-state index contributed by atoms with van der Waals surface area (Å²) >= 11 is 0. The Morgan fingerprint density at radius 2 is 2.17 bits per heavy atom. The smallest absolute Gasteiger partial charge is 0.257 e. The first-order valence-electron chi connectivity index (χ1n) is 7.63. The van der Waals surface area contributed by atoms with Gasteiger partial charge in [-0.2, -0.15) is 5.10 Å². The van der Waals surface area contributed by atoms with Crippen molar-refractivity contribution in [1.82, 2.24) is 24.8 Å². The van der Waals surface area contributed by atoms with Crippen molar-refractivity contribution < 1.29 is 13.2 Å². The molecule has 2 heterocycles. The third kappa shape index (κ3) is 3.17. The van der Waals surface area contributed by atoms with Crippen LogP contribution in [-0.2, 0) is 23.5 Å². The second kappa shape index (κ2) is 6.33. The zero-order chi connectivity index (χ0) is 17.3. The van der Waals surface area contributed by atoms with Gasteiger partial charge in [0.05, 0.1) is 17.3 Å². The lowest BCUT2D eigenvalue weighted by Crippen LogP contribution is -2.30. The van der Waals surface area contributed by atoms with Crippen molar-refractivity contribution in [3.05, 3.63) is 41.3 Å². The van der Waals surface area contributed by atoms with E-state index < -0.39 is 10.0 Å². The molecule has 0 aliphatic heterocycles. The van der Waals surface area contributed by atoms with Crippen LogP contribution in [-0.4, -0.2) is 36.1 Å². The molecule has 1 unspecified atom stereocenters. The number of pyridine rings is 1. The van der Waals surface area contributed by atoms with E-state index in [4.69, 9.17) is 0 Å². The van der Waals surface area contributed by atoms with Gasteiger partial charge in [-0.05, 0) is 38.4 Å². The highest BCUT2D eigenvalue weighted by Crippen LogP contribution is 2.28. The first-order valence-corrected chi connectivity index (χ1v) is 9.12. The van der Waals surface area contributed by atoms with Gasteiger partial charge in [-0.3, -0.25) is 9.48 Å². The van der Waals surface area contributed by atoms with E-state index in [2.05, 4.69) is 20.1 Å². The number of hydrogen-bond donors (Lipinski definition) is 2. The van der Waals surface area contributed by atoms with Crippen molar-refractivity contribution in [2.45, 2.75) is 30.3 Å². The first-order chi connectivity index (χ1) is 11.4. The molecule has 24 heavy (non-hydrogen) atoms. The van der Waals surface area contributed by atoms with Crippen molar-refractivity contribution in [3.8, 4) is 0 Å². The predicted molar refractivity (Wildman–Crippen MR) is 86.8 cm³/mol. The highest BCUT2D eigenvalue weighted by Gasteiger charge is 2.25. The largest absolute Gasteiger partial charge is 0.345 e. The molecule has 0 saturated carbocycles. The normalized spacial score (nSPS) is 17.3. The molecule has 0 spiro atoms. The van der Waals surface area contributed by atoms with E-state index in [1.807, 2.05) is 13.2 Å². The summed E-state index contributed by atoms with van der Waals surface area (Å²) in [6.45, 7) is 0. The molecule has 2 N–H and O–H groups in total. The van der Waals surface area contributed by atoms with Crippen molar-refractivity contribution in [2.75, 3.05) is 7.05 Å². The maximum Gasteiger partial charge on any atom is 0.257 e. The van der Waals surface area contributed by atoms with Crippen LogP contribution in [0.15, 0.2) is 29.6 Å². The lowest BCUT2D eigenvalue weighted by atomic mass is 9.93. The van der Waals surface area contributed by atoms with Gasteiger partial charge >= 0.3 is 0 Å². The summed E-state index contributed by atoms with van der Waals surface area (Å²) in [6.07, 6.45) is 5.93. The molecule has 1 atom stereocenters. The predicted octanol–water partition coefficient (Wildman–Crippen LogP) is 0.531. The van der Waals surface area contributed by atoms with Crippen LogP contribution in [0, 0.1) is 0 Å². The summed E-state index contributed by atoms with van der Waals surface area (Å²) in [4.78, 5) is 16.3. The lowest BCUT2D eigenvalue weighted by molar-refractivity contribution is 0.0932. The summed E-state index contributed by atoms with van der Waals surface area (Å²) in [6, 6.07) is 2.69. The number of rotatable bonds is 4. The number of aryl methyl sites for hydroxylation is 2. The van der Waals surface area contributed by atoms with Crippen LogP contribution >= 0.6 is 0 Å². The number of amides is 1. The molecule has 1 aliphatic carbocycles. The van der Waals surface area contributed by atoms with Crippen LogP contribution < -0.4 is 10.0 Å². The van der Waals surface area contributed by atoms with Gasteiger partial charge in [0, 0.05) is 25.0 Å². The van der Waals surface area contributed by atoms with Gasteiger partial charge < -0.3 is 5.32 Å². The van der Waals surface area contributed by atoms with E-state index in [9.17, 15) is 13.2 Å². The molecule has 1 aliphatic rings. The Morgan fingerprint density at radius 1 is 1.38 bits per heavy atom. The Kier molecular flexibility index (Phi) is 4.37. The molecule has 3 rings (SSSR count). The third-order valence-electron chi connectivity index (χ3n) is 4.07. The van der Waals surface area contributed by atoms with E-state index in [1.54, 1.807) is 4.68 Å². The van der Waals surface area contributed by atoms with Gasteiger partial charge in [0.25, 0.3) is 15.9 Å². The fourth-order valence-electron chi connectivity index (χ4n) is 2.84. The summed E-state index contributed by atoms with van der Waals surface area (Å²) in [5, 5.41) is 7.27. The molecule has 0 bridgehead atoms. The van der Waals surface area contributed by atoms with E-state index in [1.165, 1.54) is 25.4 Å². The maximum atomic E-state index is 12.4. The maximum absolute atomic E-state index is 12.4. The fraction of sp³-hybridized carbons (Fsp3) is 0.400. The fourth-order valence-corrected chi connectivity index (χ4v) is 3.48. The second-order valence-corrected chi connectivity index (χ2v) is 7.55. The minimum absolute atomic E-state index is 0.0873. The van der Waals surface area contributed by atoms with Gasteiger partial charge in [-0.25, -0.2) is 18.1 Å². The van der Waals surface area contributed by atoms with E-state index >= 15 is 0 Å². The molecular weight excluding hydrogens is 330 g/mol. The van der Waals surface area contributed by atoms with Crippen molar-refractivity contribution in [3.63, 3.8) is 0 Å². The highest BCUT2D eigenvalue weighted by atomic mass is 32.2. The van der Waals surface area contributed by atoms with E-state index in [0.29, 0.717) is 5.56 Å². The molecule has 2 aromatic rings. The molecule has 0 radical (unpaired) electrons. The molecule has 8 nitrogen and oxygen atoms in total. The number of hydrogen-bond acceptors (Lipinski definition) is 5. The van der Waals surface area contributed by atoms with Crippen molar-refractivity contribution in [1.29, 1.82) is 0 Å². The zero-order valence-electron chi connectivity index (χ0n) is 13.5. The number of sulfonamides is 1. The van der Waals surface area contributed by atoms with Gasteiger partial charge in [0.2, 0.25) is 0 Å². The number of nitrogens with zero attached hydrogens (tertiary/aromatic N) is 3. The highest BCUT2D eigenvalue weighted by molar-refractivity contribution is 7.89. The number of fused-ring (bicyclic) bond motifs is 1. The van der Waals surface area contributed by atoms with E-state index in [0.717, 1.165) is 30.5 Å². The number of carbonyl (C=O) groups excluding carboxylic acids is 1. The van der Waals surface area contributed by atoms with Crippen LogP contribution in [0.4, 0.5) is 0 Å². The third-order valence-corrected chi connectivity index (χ3v) is 5.40. The Bertz CT molecular complexity index is 858. The standard InChI is InChI=1S/C15H19N5O3S/c1-16-24(22,23)14-7-6-10(8-17-14)15(21)18-12-4-3-5-13-11(12)9-20(2)19-13/h6-9,12,16H,3-5H2,1-2H3,(H,18,21). The van der Waals surface area contributed by atoms with Crippen LogP contribution in [0.1, 0.15) is 40.5 Å². The molecule has 2 aromatic heterocycles. The van der Waals surface area contributed by atoms with E-state index in [-0.39, 0.29) is 17.0 Å². The molecule has 1 amide bonds. The summed E-state index contributed by atoms with van der Waals surface area (Å²) < 4.78 is 27.3. The Hall–Kier alpha value is -2.26. The van der Waals surface area contributed by atoms with Gasteiger partial charge in [0.15, 0.2) is 5.03 Å². The first kappa shape index (κ1) is 16.6. The molecule has 9 heteroatoms. The van der Waals surface area contributed by atoms with Gasteiger partial charge in [-0.15, -0.1) is 0 Å². The van der Waals surface area contributed by atoms with Crippen LogP contribution in [0.2, 0.25) is 0 Å². The molecule has 0 fully saturated rings. The monoisotopic (exact) mass is 349 g/mol. The Labute approximate surface area is 140 Å². The average Bonchev–Trinajstić information content (AvgIpc) is 2.96. The number of aromatic nitrogens is 3. The minimum atomic E-state index is -3.61. The number of carbonyl (C=O) groups is 1. The van der Waals surface area contributed by atoms with Gasteiger partial charge in [-0.1, -0.05) is 0 Å². The average molecular weight is 349 g/mol. The zero-order valence-corrected chi connectivity index (χ0v) is 14.3. The topological polar surface area (TPSA) is 106 Å². The summed E-state index contributed by atoms with van der Waals surface area (Å²) in [5.74, 6) is -0.280. The molecule has 128 valence electrons. The lowest BCUT2D eigenvalue weighted by Gasteiger charge is -2.22. The van der Waals surface area contributed by atoms with Crippen molar-refractivity contribution in [2.24, 2.45) is 7.05 Å². The van der Waals surface area contributed by atoms with Crippen LogP contribution in [0.25, 0.3) is 0 Å². The molecular formula is C15H19N5O3S.